The molecule has 0 heterocycles. The average Bonchev–Trinajstić information content (AvgIpc) is 3.18. The number of unbranched alkanes of at least 4 members (excludes halogenated alkanes) is 16. The predicted octanol–water partition coefficient (Wildman–Crippen LogP) is 3.30. The third-order valence-corrected chi connectivity index (χ3v) is 9.09. The summed E-state index contributed by atoms with van der Waals surface area (Å²) in [5.74, 6) is -2.69. The van der Waals surface area contributed by atoms with E-state index in [0.717, 1.165) is 32.1 Å². The van der Waals surface area contributed by atoms with Gasteiger partial charge in [-0.15, -0.1) is 0 Å². The molecular formula is C40H75BN4O12. The molecule has 0 radical (unpaired) electrons. The monoisotopic (exact) mass is 815 g/mol. The standard InChI is InChI=1S/C40H75BN4O12/c41-31-36(47)42-22-18-17-19-34(40(52)53)45-38(49)33-57-30-28-55-26-24-44-37(48)32-56-29-27-54-25-23-43-35(46)20-15-13-11-9-7-5-3-1-2-4-6-8-10-12-14-16-21-39(50)51/h34H,1-33,41H2,(H,42,47)(H,43,46)(H,44,48)(H,45,49)(H,50,51)(H,52,53)/t34-/m0/s1. The first kappa shape index (κ1) is 53.7. The van der Waals surface area contributed by atoms with E-state index >= 15 is 0 Å². The van der Waals surface area contributed by atoms with Crippen molar-refractivity contribution in [3.8, 4) is 0 Å². The number of amides is 4. The summed E-state index contributed by atoms with van der Waals surface area (Å²) in [5.41, 5.74) is 0. The molecule has 4 amide bonds. The Morgan fingerprint density at radius 3 is 1.33 bits per heavy atom. The van der Waals surface area contributed by atoms with E-state index in [4.69, 9.17) is 24.1 Å². The summed E-state index contributed by atoms with van der Waals surface area (Å²) in [5, 5.41) is 28.7. The molecule has 0 aromatic rings. The van der Waals surface area contributed by atoms with Gasteiger partial charge in [0.05, 0.1) is 39.6 Å². The molecule has 0 saturated carbocycles. The van der Waals surface area contributed by atoms with Gasteiger partial charge in [0.25, 0.3) is 0 Å². The van der Waals surface area contributed by atoms with Crippen LogP contribution >= 0.6 is 0 Å². The van der Waals surface area contributed by atoms with Crippen LogP contribution in [0.25, 0.3) is 0 Å². The van der Waals surface area contributed by atoms with Crippen molar-refractivity contribution in [3.63, 3.8) is 0 Å². The number of hydrogen-bond donors (Lipinski definition) is 6. The van der Waals surface area contributed by atoms with Gasteiger partial charge in [-0.3, -0.25) is 24.0 Å². The normalized spacial score (nSPS) is 11.5. The number of carboxylic acids is 2. The lowest BCUT2D eigenvalue weighted by Gasteiger charge is -2.14. The maximum absolute atomic E-state index is 12.0. The fourth-order valence-electron chi connectivity index (χ4n) is 5.79. The highest BCUT2D eigenvalue weighted by Crippen LogP contribution is 2.14. The molecule has 0 aliphatic heterocycles. The Hall–Kier alpha value is -3.28. The Morgan fingerprint density at radius 2 is 0.860 bits per heavy atom. The molecule has 330 valence electrons. The second-order valence-corrected chi connectivity index (χ2v) is 14.2. The molecule has 17 heteroatoms. The minimum Gasteiger partial charge on any atom is -0.481 e. The van der Waals surface area contributed by atoms with E-state index in [1.807, 2.05) is 0 Å². The Balaban J connectivity index is 3.45. The summed E-state index contributed by atoms with van der Waals surface area (Å²) < 4.78 is 21.4. The smallest absolute Gasteiger partial charge is 0.326 e. The highest BCUT2D eigenvalue weighted by atomic mass is 16.5. The van der Waals surface area contributed by atoms with Gasteiger partial charge in [0.15, 0.2) is 0 Å². The zero-order chi connectivity index (χ0) is 42.0. The van der Waals surface area contributed by atoms with Gasteiger partial charge >= 0.3 is 11.9 Å². The van der Waals surface area contributed by atoms with E-state index < -0.39 is 23.9 Å². The summed E-state index contributed by atoms with van der Waals surface area (Å²) in [6.07, 6.45) is 21.5. The maximum Gasteiger partial charge on any atom is 0.326 e. The van der Waals surface area contributed by atoms with Gasteiger partial charge in [0.1, 0.15) is 27.1 Å². The number of carboxylic acid groups (broad SMARTS) is 2. The molecule has 57 heavy (non-hydrogen) atoms. The quantitative estimate of drug-likeness (QED) is 0.0385. The molecule has 6 N–H and O–H groups in total. The maximum atomic E-state index is 12.0. The minimum atomic E-state index is -1.13. The highest BCUT2D eigenvalue weighted by Gasteiger charge is 2.19. The van der Waals surface area contributed by atoms with Crippen molar-refractivity contribution >= 4 is 43.4 Å². The average molecular weight is 815 g/mol. The topological polar surface area (TPSA) is 228 Å². The molecule has 0 unspecified atom stereocenters. The molecule has 0 fully saturated rings. The number of nitrogens with one attached hydrogen (secondary N) is 4. The van der Waals surface area contributed by atoms with Gasteiger partial charge in [-0.2, -0.15) is 0 Å². The Kier molecular flexibility index (Phi) is 38.6. The molecule has 0 aliphatic carbocycles. The number of carbonyl (C=O) groups excluding carboxylic acids is 4. The van der Waals surface area contributed by atoms with Crippen LogP contribution in [-0.4, -0.2) is 132 Å². The van der Waals surface area contributed by atoms with E-state index in [1.165, 1.54) is 70.6 Å². The molecule has 0 saturated heterocycles. The lowest BCUT2D eigenvalue weighted by atomic mass is 10.0. The van der Waals surface area contributed by atoms with Crippen LogP contribution < -0.4 is 21.3 Å². The van der Waals surface area contributed by atoms with Crippen molar-refractivity contribution < 1.29 is 57.9 Å². The van der Waals surface area contributed by atoms with Crippen LogP contribution in [-0.2, 0) is 47.7 Å². The van der Waals surface area contributed by atoms with E-state index in [-0.39, 0.29) is 70.3 Å². The molecule has 1 atom stereocenters. The van der Waals surface area contributed by atoms with Crippen molar-refractivity contribution in [2.24, 2.45) is 0 Å². The van der Waals surface area contributed by atoms with Crippen LogP contribution in [0, 0.1) is 0 Å². The largest absolute Gasteiger partial charge is 0.481 e. The number of hydrogen-bond acceptors (Lipinski definition) is 10. The van der Waals surface area contributed by atoms with Crippen molar-refractivity contribution in [2.45, 2.75) is 147 Å². The van der Waals surface area contributed by atoms with Gasteiger partial charge in [-0.05, 0) is 38.4 Å². The molecule has 0 aromatic heterocycles. The molecule has 0 bridgehead atoms. The second-order valence-electron chi connectivity index (χ2n) is 14.2. The van der Waals surface area contributed by atoms with Crippen LogP contribution in [0.1, 0.15) is 135 Å². The lowest BCUT2D eigenvalue weighted by molar-refractivity contribution is -0.143. The van der Waals surface area contributed by atoms with Gasteiger partial charge in [0.2, 0.25) is 23.6 Å². The summed E-state index contributed by atoms with van der Waals surface area (Å²) in [7, 11) is 1.75. The Labute approximate surface area is 341 Å². The van der Waals surface area contributed by atoms with Crippen LogP contribution in [0.5, 0.6) is 0 Å². The number of rotatable bonds is 43. The lowest BCUT2D eigenvalue weighted by Crippen LogP contribution is -2.42. The molecular weight excluding hydrogens is 739 g/mol. The van der Waals surface area contributed by atoms with Gasteiger partial charge in [0, 0.05) is 32.5 Å². The number of carbonyl (C=O) groups is 6. The van der Waals surface area contributed by atoms with E-state index in [9.17, 15) is 33.9 Å². The van der Waals surface area contributed by atoms with Crippen LogP contribution in [0.15, 0.2) is 0 Å². The fraction of sp³-hybridized carbons (Fsp3) is 0.850. The first-order valence-corrected chi connectivity index (χ1v) is 21.5. The predicted molar refractivity (Wildman–Crippen MR) is 220 cm³/mol. The van der Waals surface area contributed by atoms with Crippen molar-refractivity contribution in [2.75, 3.05) is 72.5 Å². The molecule has 0 rings (SSSR count). The summed E-state index contributed by atoms with van der Waals surface area (Å²) in [4.78, 5) is 69.1. The molecule has 0 aromatic carbocycles. The van der Waals surface area contributed by atoms with Gasteiger partial charge < -0.3 is 50.4 Å². The second kappa shape index (κ2) is 40.9. The fourth-order valence-corrected chi connectivity index (χ4v) is 5.79. The Morgan fingerprint density at radius 1 is 0.439 bits per heavy atom. The SMILES string of the molecule is BCC(=O)NCCCC[C@H](NC(=O)COCCOCCNC(=O)COCCOCCNC(=O)CCCCCCCCCCCCCCCCCCC(=O)O)C(=O)O. The van der Waals surface area contributed by atoms with Gasteiger partial charge in [-0.25, -0.2) is 4.79 Å². The number of aliphatic carboxylic acids is 2. The zero-order valence-corrected chi connectivity index (χ0v) is 34.9. The van der Waals surface area contributed by atoms with Crippen LogP contribution in [0.4, 0.5) is 0 Å². The van der Waals surface area contributed by atoms with E-state index in [2.05, 4.69) is 21.3 Å². The van der Waals surface area contributed by atoms with Crippen molar-refractivity contribution in [1.29, 1.82) is 0 Å². The van der Waals surface area contributed by atoms with Crippen molar-refractivity contribution in [1.82, 2.24) is 21.3 Å². The summed E-state index contributed by atoms with van der Waals surface area (Å²) in [6.45, 7) is 2.20. The first-order valence-electron chi connectivity index (χ1n) is 21.5. The summed E-state index contributed by atoms with van der Waals surface area (Å²) in [6, 6.07) is -1.03. The molecule has 16 nitrogen and oxygen atoms in total. The molecule has 0 spiro atoms. The van der Waals surface area contributed by atoms with E-state index in [1.54, 1.807) is 7.85 Å². The van der Waals surface area contributed by atoms with E-state index in [0.29, 0.717) is 58.3 Å². The third kappa shape index (κ3) is 40.7. The Bertz CT molecular complexity index is 1060. The minimum absolute atomic E-state index is 0.0365. The van der Waals surface area contributed by atoms with Gasteiger partial charge in [-0.1, -0.05) is 89.9 Å². The highest BCUT2D eigenvalue weighted by molar-refractivity contribution is 6.19. The van der Waals surface area contributed by atoms with Crippen molar-refractivity contribution in [3.05, 3.63) is 0 Å². The first-order chi connectivity index (χ1) is 27.6. The number of ether oxygens (including phenoxy) is 4. The van der Waals surface area contributed by atoms with Crippen LogP contribution in [0.3, 0.4) is 0 Å². The third-order valence-electron chi connectivity index (χ3n) is 9.09. The molecule has 0 aliphatic rings. The van der Waals surface area contributed by atoms with Crippen LogP contribution in [0.2, 0.25) is 6.32 Å². The summed E-state index contributed by atoms with van der Waals surface area (Å²) >= 11 is 0. The zero-order valence-electron chi connectivity index (χ0n) is 34.9.